The van der Waals surface area contributed by atoms with Gasteiger partial charge in [0.2, 0.25) is 11.7 Å². The van der Waals surface area contributed by atoms with E-state index in [1.165, 1.54) is 0 Å². The van der Waals surface area contributed by atoms with Crippen LogP contribution in [0.5, 0.6) is 0 Å². The molecule has 0 amide bonds. The summed E-state index contributed by atoms with van der Waals surface area (Å²) in [4.78, 5) is 16.4. The Morgan fingerprint density at radius 3 is 3.00 bits per heavy atom. The molecule has 0 bridgehead atoms. The van der Waals surface area contributed by atoms with E-state index in [2.05, 4.69) is 17.1 Å². The van der Waals surface area contributed by atoms with Gasteiger partial charge in [0.25, 0.3) is 0 Å². The van der Waals surface area contributed by atoms with Gasteiger partial charge in [-0.1, -0.05) is 31.3 Å². The lowest BCUT2D eigenvalue weighted by atomic mass is 9.99. The molecule has 1 aliphatic carbocycles. The largest absolute Gasteiger partial charge is 0.373 e. The van der Waals surface area contributed by atoms with E-state index in [-0.39, 0.29) is 17.8 Å². The van der Waals surface area contributed by atoms with Crippen LogP contribution in [0.15, 0.2) is 4.52 Å². The van der Waals surface area contributed by atoms with Gasteiger partial charge in [-0.25, -0.2) is 0 Å². The monoisotopic (exact) mass is 266 g/mol. The zero-order chi connectivity index (χ0) is 13.7. The Labute approximate surface area is 113 Å². The second kappa shape index (κ2) is 6.80. The van der Waals surface area contributed by atoms with Gasteiger partial charge in [-0.05, 0) is 19.3 Å². The number of Topliss-reactive ketones (excluding diaryl/α,β-unsaturated/α-hetero) is 1. The van der Waals surface area contributed by atoms with Crippen LogP contribution >= 0.6 is 0 Å². The second-order valence-corrected chi connectivity index (χ2v) is 5.12. The van der Waals surface area contributed by atoms with Crippen molar-refractivity contribution in [2.24, 2.45) is 0 Å². The quantitative estimate of drug-likeness (QED) is 0.766. The molecule has 19 heavy (non-hydrogen) atoms. The highest BCUT2D eigenvalue weighted by molar-refractivity contribution is 5.84. The Kier molecular flexibility index (Phi) is 5.07. The van der Waals surface area contributed by atoms with E-state index in [4.69, 9.17) is 9.26 Å². The van der Waals surface area contributed by atoms with Crippen molar-refractivity contribution in [3.63, 3.8) is 0 Å². The number of ketones is 1. The van der Waals surface area contributed by atoms with Gasteiger partial charge < -0.3 is 9.26 Å². The lowest BCUT2D eigenvalue weighted by Crippen LogP contribution is -2.11. The van der Waals surface area contributed by atoms with Crippen LogP contribution in [-0.2, 0) is 9.53 Å². The summed E-state index contributed by atoms with van der Waals surface area (Å²) in [6.07, 6.45) is 6.31. The van der Waals surface area contributed by atoms with Crippen molar-refractivity contribution in [2.75, 3.05) is 7.11 Å². The van der Waals surface area contributed by atoms with Gasteiger partial charge in [-0.15, -0.1) is 0 Å². The molecule has 2 atom stereocenters. The lowest BCUT2D eigenvalue weighted by molar-refractivity contribution is -0.120. The van der Waals surface area contributed by atoms with Crippen LogP contribution in [0.4, 0.5) is 0 Å². The summed E-state index contributed by atoms with van der Waals surface area (Å²) >= 11 is 0. The molecule has 5 heteroatoms. The Hall–Kier alpha value is -1.23. The molecule has 1 aromatic rings. The maximum Gasteiger partial charge on any atom is 0.237 e. The zero-order valence-electron chi connectivity index (χ0n) is 11.7. The van der Waals surface area contributed by atoms with Crippen molar-refractivity contribution in [1.29, 1.82) is 0 Å². The summed E-state index contributed by atoms with van der Waals surface area (Å²) in [5.74, 6) is 1.07. The van der Waals surface area contributed by atoms with Gasteiger partial charge >= 0.3 is 0 Å². The Balaban J connectivity index is 2.12. The minimum atomic E-state index is -0.206. The Bertz CT molecular complexity index is 417. The number of carbonyl (C=O) groups is 1. The number of ether oxygens (including phenoxy) is 1. The third-order valence-corrected chi connectivity index (χ3v) is 3.68. The van der Waals surface area contributed by atoms with Crippen LogP contribution in [0.3, 0.4) is 0 Å². The summed E-state index contributed by atoms with van der Waals surface area (Å²) in [6.45, 7) is 2.09. The van der Waals surface area contributed by atoms with Crippen LogP contribution in [0.25, 0.3) is 0 Å². The molecule has 1 heterocycles. The molecular weight excluding hydrogens is 244 g/mol. The van der Waals surface area contributed by atoms with Crippen molar-refractivity contribution in [1.82, 2.24) is 10.1 Å². The predicted molar refractivity (Wildman–Crippen MR) is 69.8 cm³/mol. The van der Waals surface area contributed by atoms with Gasteiger partial charge in [0.1, 0.15) is 11.9 Å². The summed E-state index contributed by atoms with van der Waals surface area (Å²) in [7, 11) is 1.65. The molecule has 2 rings (SSSR count). The van der Waals surface area contributed by atoms with Crippen LogP contribution in [-0.4, -0.2) is 23.0 Å². The topological polar surface area (TPSA) is 65.2 Å². The first kappa shape index (κ1) is 14.2. The first-order chi connectivity index (χ1) is 9.26. The highest BCUT2D eigenvalue weighted by Crippen LogP contribution is 2.29. The van der Waals surface area contributed by atoms with Crippen molar-refractivity contribution < 1.29 is 14.1 Å². The maximum absolute atomic E-state index is 12.0. The molecule has 1 aliphatic rings. The number of rotatable bonds is 5. The number of nitrogens with zero attached hydrogens (tertiary/aromatic N) is 2. The van der Waals surface area contributed by atoms with E-state index >= 15 is 0 Å². The summed E-state index contributed by atoms with van der Waals surface area (Å²) in [5, 5.41) is 3.98. The number of methoxy groups -OCH3 is 1. The molecule has 1 fully saturated rings. The average molecular weight is 266 g/mol. The van der Waals surface area contributed by atoms with E-state index in [9.17, 15) is 4.79 Å². The van der Waals surface area contributed by atoms with E-state index in [0.29, 0.717) is 18.1 Å². The smallest absolute Gasteiger partial charge is 0.237 e. The third kappa shape index (κ3) is 3.41. The van der Waals surface area contributed by atoms with Crippen molar-refractivity contribution in [3.05, 3.63) is 11.7 Å². The van der Waals surface area contributed by atoms with Crippen molar-refractivity contribution in [3.8, 4) is 0 Å². The molecule has 5 nitrogen and oxygen atoms in total. The molecule has 0 saturated heterocycles. The van der Waals surface area contributed by atoms with Crippen molar-refractivity contribution >= 4 is 5.78 Å². The number of hydrogen-bond acceptors (Lipinski definition) is 5. The predicted octanol–water partition coefficient (Wildman–Crippen LogP) is 3.17. The molecular formula is C14H22N2O3. The van der Waals surface area contributed by atoms with Crippen LogP contribution in [0, 0.1) is 0 Å². The van der Waals surface area contributed by atoms with E-state index in [1.807, 2.05) is 0 Å². The first-order valence-corrected chi connectivity index (χ1v) is 7.15. The summed E-state index contributed by atoms with van der Waals surface area (Å²) in [5.41, 5.74) is 0. The van der Waals surface area contributed by atoms with Crippen molar-refractivity contribution in [2.45, 2.75) is 63.9 Å². The highest BCUT2D eigenvalue weighted by Gasteiger charge is 2.29. The second-order valence-electron chi connectivity index (χ2n) is 5.12. The van der Waals surface area contributed by atoms with E-state index < -0.39 is 0 Å². The van der Waals surface area contributed by atoms with Gasteiger partial charge in [-0.3, -0.25) is 4.79 Å². The highest BCUT2D eigenvalue weighted by atomic mass is 16.5. The standard InChI is InChI=1S/C14H22N2O3/c1-3-7-12(18-2)13-15-14(19-16-13)10-8-5-4-6-9-11(10)17/h10,12H,3-9H2,1-2H3. The van der Waals surface area contributed by atoms with Crippen LogP contribution < -0.4 is 0 Å². The number of carbonyl (C=O) groups excluding carboxylic acids is 1. The minimum Gasteiger partial charge on any atom is -0.373 e. The molecule has 0 N–H and O–H groups in total. The van der Waals surface area contributed by atoms with Crippen LogP contribution in [0.2, 0.25) is 0 Å². The molecule has 1 aromatic heterocycles. The SMILES string of the molecule is CCCC(OC)c1noc(C2CCCCCC2=O)n1. The number of hydrogen-bond donors (Lipinski definition) is 0. The van der Waals surface area contributed by atoms with E-state index in [1.54, 1.807) is 7.11 Å². The molecule has 106 valence electrons. The fourth-order valence-corrected chi connectivity index (χ4v) is 2.56. The molecule has 0 aliphatic heterocycles. The number of aromatic nitrogens is 2. The molecule has 0 spiro atoms. The molecule has 0 aromatic carbocycles. The Morgan fingerprint density at radius 2 is 2.26 bits per heavy atom. The van der Waals surface area contributed by atoms with Gasteiger partial charge in [-0.2, -0.15) is 4.98 Å². The maximum atomic E-state index is 12.0. The molecule has 2 unspecified atom stereocenters. The lowest BCUT2D eigenvalue weighted by Gasteiger charge is -2.09. The molecule has 0 radical (unpaired) electrons. The summed E-state index contributed by atoms with van der Waals surface area (Å²) < 4.78 is 10.7. The Morgan fingerprint density at radius 1 is 1.42 bits per heavy atom. The van der Waals surface area contributed by atoms with Gasteiger partial charge in [0.05, 0.1) is 5.92 Å². The minimum absolute atomic E-state index is 0.136. The third-order valence-electron chi connectivity index (χ3n) is 3.68. The zero-order valence-corrected chi connectivity index (χ0v) is 11.7. The normalized spacial score (nSPS) is 22.2. The van der Waals surface area contributed by atoms with Gasteiger partial charge in [0, 0.05) is 13.5 Å². The van der Waals surface area contributed by atoms with E-state index in [0.717, 1.165) is 38.5 Å². The average Bonchev–Trinajstić information content (AvgIpc) is 2.79. The first-order valence-electron chi connectivity index (χ1n) is 7.15. The fraction of sp³-hybridized carbons (Fsp3) is 0.786. The summed E-state index contributed by atoms with van der Waals surface area (Å²) in [6, 6.07) is 0. The van der Waals surface area contributed by atoms with Crippen LogP contribution in [0.1, 0.15) is 75.6 Å². The fourth-order valence-electron chi connectivity index (χ4n) is 2.56. The molecule has 1 saturated carbocycles. The van der Waals surface area contributed by atoms with Gasteiger partial charge in [0.15, 0.2) is 0 Å².